The van der Waals surface area contributed by atoms with Crippen molar-refractivity contribution < 1.29 is 27.5 Å². The quantitative estimate of drug-likeness (QED) is 0.525. The number of carbonyl (C=O) groups excluding carboxylic acids is 2. The predicted molar refractivity (Wildman–Crippen MR) is 52.0 cm³/mol. The highest BCUT2D eigenvalue weighted by Gasteiger charge is 2.34. The first-order valence-electron chi connectivity index (χ1n) is 5.36. The maximum atomic E-state index is 11.8. The van der Waals surface area contributed by atoms with Crippen LogP contribution in [-0.2, 0) is 14.3 Å². The lowest BCUT2D eigenvalue weighted by Crippen LogP contribution is -2.46. The fourth-order valence-corrected chi connectivity index (χ4v) is 1.73. The number of hydrogen-bond donors (Lipinski definition) is 0. The van der Waals surface area contributed by atoms with Crippen LogP contribution in [0.1, 0.15) is 26.2 Å². The molecular weight excluding hydrogens is 239 g/mol. The van der Waals surface area contributed by atoms with Crippen LogP contribution in [0.15, 0.2) is 0 Å². The summed E-state index contributed by atoms with van der Waals surface area (Å²) in [5.74, 6) is -2.42. The standard InChI is InChI=1S/C10H14F3NO3/c1-7-4-2-3-5-14(7)8(15)9(16)17-6-10(11,12)13/h7H,2-6H2,1H3/t7-/m1/s1. The number of nitrogens with zero attached hydrogens (tertiary/aromatic N) is 1. The monoisotopic (exact) mass is 253 g/mol. The van der Waals surface area contributed by atoms with Gasteiger partial charge in [-0.05, 0) is 26.2 Å². The zero-order valence-electron chi connectivity index (χ0n) is 9.42. The van der Waals surface area contributed by atoms with E-state index < -0.39 is 24.7 Å². The molecule has 1 atom stereocenters. The Kier molecular flexibility index (Phi) is 4.36. The first-order valence-corrected chi connectivity index (χ1v) is 5.36. The second-order valence-corrected chi connectivity index (χ2v) is 4.03. The number of amides is 1. The number of halogens is 3. The van der Waals surface area contributed by atoms with E-state index in [1.807, 2.05) is 0 Å². The molecule has 0 aromatic carbocycles. The van der Waals surface area contributed by atoms with Crippen molar-refractivity contribution in [1.29, 1.82) is 0 Å². The Labute approximate surface area is 96.7 Å². The molecule has 1 rings (SSSR count). The minimum Gasteiger partial charge on any atom is -0.449 e. The van der Waals surface area contributed by atoms with Crippen molar-refractivity contribution in [3.8, 4) is 0 Å². The topological polar surface area (TPSA) is 46.6 Å². The van der Waals surface area contributed by atoms with Crippen LogP contribution in [0.5, 0.6) is 0 Å². The SMILES string of the molecule is C[C@@H]1CCCCN1C(=O)C(=O)OCC(F)(F)F. The number of piperidine rings is 1. The Balaban J connectivity index is 2.48. The Morgan fingerprint density at radius 1 is 1.35 bits per heavy atom. The molecule has 17 heavy (non-hydrogen) atoms. The molecule has 0 N–H and O–H groups in total. The van der Waals surface area contributed by atoms with Gasteiger partial charge >= 0.3 is 18.1 Å². The summed E-state index contributed by atoms with van der Waals surface area (Å²) < 4.78 is 39.3. The third-order valence-electron chi connectivity index (χ3n) is 2.61. The maximum Gasteiger partial charge on any atom is 0.422 e. The van der Waals surface area contributed by atoms with Gasteiger partial charge in [-0.15, -0.1) is 0 Å². The van der Waals surface area contributed by atoms with E-state index in [1.54, 1.807) is 6.92 Å². The van der Waals surface area contributed by atoms with Gasteiger partial charge in [0.1, 0.15) is 0 Å². The van der Waals surface area contributed by atoms with Gasteiger partial charge in [-0.2, -0.15) is 13.2 Å². The lowest BCUT2D eigenvalue weighted by molar-refractivity contribution is -0.190. The van der Waals surface area contributed by atoms with Gasteiger partial charge in [-0.25, -0.2) is 4.79 Å². The summed E-state index contributed by atoms with van der Waals surface area (Å²) in [6.07, 6.45) is -2.16. The van der Waals surface area contributed by atoms with Crippen LogP contribution in [0.2, 0.25) is 0 Å². The molecule has 98 valence electrons. The van der Waals surface area contributed by atoms with Crippen molar-refractivity contribution in [2.75, 3.05) is 13.2 Å². The highest BCUT2D eigenvalue weighted by molar-refractivity contribution is 6.32. The Bertz CT molecular complexity index is 304. The smallest absolute Gasteiger partial charge is 0.422 e. The molecule has 7 heteroatoms. The molecule has 1 saturated heterocycles. The van der Waals surface area contributed by atoms with Gasteiger partial charge in [0.2, 0.25) is 0 Å². The maximum absolute atomic E-state index is 11.8. The van der Waals surface area contributed by atoms with E-state index in [9.17, 15) is 22.8 Å². The molecule has 1 amide bonds. The molecular formula is C10H14F3NO3. The zero-order valence-corrected chi connectivity index (χ0v) is 9.42. The minimum atomic E-state index is -4.61. The molecule has 4 nitrogen and oxygen atoms in total. The van der Waals surface area contributed by atoms with E-state index in [0.717, 1.165) is 19.3 Å². The normalized spacial score (nSPS) is 21.2. The number of esters is 1. The Morgan fingerprint density at radius 3 is 2.53 bits per heavy atom. The van der Waals surface area contributed by atoms with Crippen molar-refractivity contribution in [3.05, 3.63) is 0 Å². The van der Waals surface area contributed by atoms with Crippen LogP contribution in [0.25, 0.3) is 0 Å². The first-order chi connectivity index (χ1) is 7.81. The molecule has 0 bridgehead atoms. The van der Waals surface area contributed by atoms with Gasteiger partial charge in [0.15, 0.2) is 6.61 Å². The molecule has 0 aliphatic carbocycles. The van der Waals surface area contributed by atoms with Crippen molar-refractivity contribution in [2.45, 2.75) is 38.4 Å². The molecule has 0 saturated carbocycles. The number of alkyl halides is 3. The number of carbonyl (C=O) groups is 2. The summed E-state index contributed by atoms with van der Waals surface area (Å²) in [5.41, 5.74) is 0. The number of rotatable bonds is 1. The fourth-order valence-electron chi connectivity index (χ4n) is 1.73. The molecule has 1 aliphatic rings. The summed E-state index contributed by atoms with van der Waals surface area (Å²) in [6, 6.07) is -0.130. The van der Waals surface area contributed by atoms with Crippen LogP contribution in [0.3, 0.4) is 0 Å². The lowest BCUT2D eigenvalue weighted by atomic mass is 10.0. The molecule has 0 radical (unpaired) electrons. The van der Waals surface area contributed by atoms with Crippen molar-refractivity contribution in [3.63, 3.8) is 0 Å². The summed E-state index contributed by atoms with van der Waals surface area (Å²) >= 11 is 0. The van der Waals surface area contributed by atoms with Crippen LogP contribution in [0, 0.1) is 0 Å². The average molecular weight is 253 g/mol. The summed E-state index contributed by atoms with van der Waals surface area (Å²) in [7, 11) is 0. The van der Waals surface area contributed by atoms with Gasteiger partial charge in [0.25, 0.3) is 0 Å². The number of likely N-dealkylation sites (tertiary alicyclic amines) is 1. The van der Waals surface area contributed by atoms with Crippen molar-refractivity contribution in [2.24, 2.45) is 0 Å². The molecule has 0 unspecified atom stereocenters. The van der Waals surface area contributed by atoms with E-state index in [0.29, 0.717) is 6.54 Å². The average Bonchev–Trinajstić information content (AvgIpc) is 2.24. The number of ether oxygens (including phenoxy) is 1. The summed E-state index contributed by atoms with van der Waals surface area (Å²) in [4.78, 5) is 23.9. The Morgan fingerprint density at radius 2 is 2.00 bits per heavy atom. The minimum absolute atomic E-state index is 0.130. The Hall–Kier alpha value is -1.27. The predicted octanol–water partition coefficient (Wildman–Crippen LogP) is 1.49. The van der Waals surface area contributed by atoms with Crippen LogP contribution in [-0.4, -0.2) is 42.1 Å². The molecule has 1 fully saturated rings. The third-order valence-corrected chi connectivity index (χ3v) is 2.61. The van der Waals surface area contributed by atoms with Gasteiger partial charge in [0.05, 0.1) is 0 Å². The summed E-state index contributed by atoms with van der Waals surface area (Å²) in [6.45, 7) is 0.426. The van der Waals surface area contributed by atoms with Gasteiger partial charge < -0.3 is 9.64 Å². The van der Waals surface area contributed by atoms with E-state index in [2.05, 4.69) is 4.74 Å². The van der Waals surface area contributed by atoms with Crippen molar-refractivity contribution in [1.82, 2.24) is 4.90 Å². The van der Waals surface area contributed by atoms with E-state index in [-0.39, 0.29) is 6.04 Å². The van der Waals surface area contributed by atoms with Gasteiger partial charge in [-0.3, -0.25) is 4.79 Å². The van der Waals surface area contributed by atoms with E-state index in [1.165, 1.54) is 4.90 Å². The summed E-state index contributed by atoms with van der Waals surface area (Å²) in [5, 5.41) is 0. The molecule has 0 aromatic heterocycles. The van der Waals surface area contributed by atoms with Crippen LogP contribution < -0.4 is 0 Å². The highest BCUT2D eigenvalue weighted by Crippen LogP contribution is 2.18. The molecule has 1 aliphatic heterocycles. The van der Waals surface area contributed by atoms with Gasteiger partial charge in [0, 0.05) is 12.6 Å². The second-order valence-electron chi connectivity index (χ2n) is 4.03. The molecule has 0 aromatic rings. The lowest BCUT2D eigenvalue weighted by Gasteiger charge is -2.32. The van der Waals surface area contributed by atoms with Crippen LogP contribution >= 0.6 is 0 Å². The highest BCUT2D eigenvalue weighted by atomic mass is 19.4. The van der Waals surface area contributed by atoms with Crippen molar-refractivity contribution >= 4 is 11.9 Å². The van der Waals surface area contributed by atoms with Gasteiger partial charge in [-0.1, -0.05) is 0 Å². The molecule has 0 spiro atoms. The third kappa shape index (κ3) is 4.24. The van der Waals surface area contributed by atoms with Crippen LogP contribution in [0.4, 0.5) is 13.2 Å². The second kappa shape index (κ2) is 5.37. The first kappa shape index (κ1) is 13.8. The fraction of sp³-hybridized carbons (Fsp3) is 0.800. The number of hydrogen-bond acceptors (Lipinski definition) is 3. The zero-order chi connectivity index (χ0) is 13.1. The largest absolute Gasteiger partial charge is 0.449 e. The molecule has 1 heterocycles. The van der Waals surface area contributed by atoms with E-state index >= 15 is 0 Å². The van der Waals surface area contributed by atoms with E-state index in [4.69, 9.17) is 0 Å².